The summed E-state index contributed by atoms with van der Waals surface area (Å²) in [5, 5.41) is 0. The van der Waals surface area contributed by atoms with Gasteiger partial charge in [0.2, 0.25) is 11.5 Å². The third kappa shape index (κ3) is 1.11. The molecule has 0 saturated heterocycles. The smallest absolute Gasteiger partial charge is 0.276 e. The van der Waals surface area contributed by atoms with Gasteiger partial charge in [-0.1, -0.05) is 6.57 Å². The molecule has 0 saturated carbocycles. The van der Waals surface area contributed by atoms with E-state index in [0.29, 0.717) is 0 Å². The van der Waals surface area contributed by atoms with Crippen LogP contribution >= 0.6 is 0 Å². The standard InChI is InChI=1S/C7H5N5/c1-10-5-3-4(8)6(9)12-7(5)11-2/h3H,8H2,(H2,9,12). The van der Waals surface area contributed by atoms with Gasteiger partial charge in [-0.05, 0) is 6.07 Å². The summed E-state index contributed by atoms with van der Waals surface area (Å²) < 4.78 is 0. The molecule has 4 N–H and O–H groups in total. The number of nitrogens with zero attached hydrogens (tertiary/aromatic N) is 3. The van der Waals surface area contributed by atoms with E-state index in [1.54, 1.807) is 0 Å². The van der Waals surface area contributed by atoms with Crippen LogP contribution in [0.25, 0.3) is 9.69 Å². The Labute approximate surface area is 69.3 Å². The van der Waals surface area contributed by atoms with E-state index in [2.05, 4.69) is 14.7 Å². The van der Waals surface area contributed by atoms with Gasteiger partial charge in [0.1, 0.15) is 0 Å². The van der Waals surface area contributed by atoms with Gasteiger partial charge in [-0.3, -0.25) is 0 Å². The van der Waals surface area contributed by atoms with Crippen LogP contribution in [0, 0.1) is 13.1 Å². The molecule has 0 radical (unpaired) electrons. The molecule has 58 valence electrons. The average Bonchev–Trinajstić information content (AvgIpc) is 2.09. The van der Waals surface area contributed by atoms with E-state index >= 15 is 0 Å². The number of rotatable bonds is 0. The van der Waals surface area contributed by atoms with Gasteiger partial charge < -0.3 is 16.3 Å². The van der Waals surface area contributed by atoms with Crippen molar-refractivity contribution in [2.75, 3.05) is 11.5 Å². The molecule has 0 aromatic carbocycles. The molecule has 0 atom stereocenters. The highest BCUT2D eigenvalue weighted by Gasteiger charge is 2.08. The molecule has 5 heteroatoms. The number of nitrogen functional groups attached to an aromatic ring is 2. The fourth-order valence-electron chi connectivity index (χ4n) is 0.686. The number of nitrogens with two attached hydrogens (primary N) is 2. The lowest BCUT2D eigenvalue weighted by Gasteiger charge is -1.97. The van der Waals surface area contributed by atoms with Crippen molar-refractivity contribution in [3.63, 3.8) is 0 Å². The molecule has 1 aromatic rings. The van der Waals surface area contributed by atoms with E-state index in [-0.39, 0.29) is 23.0 Å². The maximum Gasteiger partial charge on any atom is 0.276 e. The van der Waals surface area contributed by atoms with Gasteiger partial charge in [-0.2, -0.15) is 0 Å². The Balaban J connectivity index is 3.44. The molecule has 12 heavy (non-hydrogen) atoms. The highest BCUT2D eigenvalue weighted by molar-refractivity contribution is 5.76. The van der Waals surface area contributed by atoms with Crippen molar-refractivity contribution in [2.24, 2.45) is 0 Å². The quantitative estimate of drug-likeness (QED) is 0.561. The Kier molecular flexibility index (Phi) is 1.81. The Morgan fingerprint density at radius 3 is 2.42 bits per heavy atom. The van der Waals surface area contributed by atoms with Crippen LogP contribution in [0.3, 0.4) is 0 Å². The number of hydrogen-bond donors (Lipinski definition) is 2. The van der Waals surface area contributed by atoms with Crippen LogP contribution in [0.5, 0.6) is 0 Å². The van der Waals surface area contributed by atoms with E-state index in [1.165, 1.54) is 6.07 Å². The topological polar surface area (TPSA) is 73.6 Å². The molecule has 0 amide bonds. The van der Waals surface area contributed by atoms with Gasteiger partial charge >= 0.3 is 0 Å². The van der Waals surface area contributed by atoms with E-state index < -0.39 is 0 Å². The largest absolute Gasteiger partial charge is 0.395 e. The zero-order chi connectivity index (χ0) is 9.14. The summed E-state index contributed by atoms with van der Waals surface area (Å²) in [4.78, 5) is 9.76. The Morgan fingerprint density at radius 2 is 1.92 bits per heavy atom. The van der Waals surface area contributed by atoms with Gasteiger partial charge in [0.05, 0.1) is 12.3 Å². The van der Waals surface area contributed by atoms with Crippen LogP contribution in [-0.4, -0.2) is 4.98 Å². The minimum Gasteiger partial charge on any atom is -0.395 e. The zero-order valence-corrected chi connectivity index (χ0v) is 6.07. The molecular weight excluding hydrogens is 154 g/mol. The van der Waals surface area contributed by atoms with Gasteiger partial charge in [-0.25, -0.2) is 4.85 Å². The minimum atomic E-state index is -0.00306. The third-order valence-corrected chi connectivity index (χ3v) is 1.27. The van der Waals surface area contributed by atoms with Crippen molar-refractivity contribution in [1.82, 2.24) is 4.98 Å². The molecule has 1 aromatic heterocycles. The molecule has 0 bridgehead atoms. The molecular formula is C7H5N5. The van der Waals surface area contributed by atoms with Gasteiger partial charge in [0.25, 0.3) is 5.82 Å². The number of aromatic nitrogens is 1. The van der Waals surface area contributed by atoms with Crippen LogP contribution in [0.2, 0.25) is 0 Å². The molecule has 1 heterocycles. The fourth-order valence-corrected chi connectivity index (χ4v) is 0.686. The van der Waals surface area contributed by atoms with Crippen LogP contribution in [0.15, 0.2) is 6.07 Å². The van der Waals surface area contributed by atoms with E-state index in [9.17, 15) is 0 Å². The predicted molar refractivity (Wildman–Crippen MR) is 45.6 cm³/mol. The van der Waals surface area contributed by atoms with Gasteiger partial charge in [0, 0.05) is 0 Å². The summed E-state index contributed by atoms with van der Waals surface area (Å²) in [5.74, 6) is 0.0881. The SMILES string of the molecule is [C-]#[N+]c1cc(N)c(N)nc1[N+]#[C-]. The third-order valence-electron chi connectivity index (χ3n) is 1.27. The summed E-state index contributed by atoms with van der Waals surface area (Å²) in [6.45, 7) is 13.4. The fraction of sp³-hybridized carbons (Fsp3) is 0. The zero-order valence-electron chi connectivity index (χ0n) is 6.07. The van der Waals surface area contributed by atoms with Gasteiger partial charge in [0.15, 0.2) is 0 Å². The normalized spacial score (nSPS) is 8.50. The monoisotopic (exact) mass is 159 g/mol. The number of pyridine rings is 1. The Hall–Kier alpha value is -2.27. The molecule has 1 rings (SSSR count). The first kappa shape index (κ1) is 7.83. The molecule has 0 spiro atoms. The Morgan fingerprint density at radius 1 is 1.25 bits per heavy atom. The van der Waals surface area contributed by atoms with E-state index in [1.807, 2.05) is 0 Å². The predicted octanol–water partition coefficient (Wildman–Crippen LogP) is 1.35. The second-order valence-corrected chi connectivity index (χ2v) is 2.03. The first-order valence-electron chi connectivity index (χ1n) is 3.00. The van der Waals surface area contributed by atoms with Crippen LogP contribution in [-0.2, 0) is 0 Å². The second-order valence-electron chi connectivity index (χ2n) is 2.03. The summed E-state index contributed by atoms with van der Waals surface area (Å²) in [6, 6.07) is 1.35. The number of anilines is 2. The minimum absolute atomic E-state index is 0.00306. The first-order chi connectivity index (χ1) is 5.69. The summed E-state index contributed by atoms with van der Waals surface area (Å²) >= 11 is 0. The highest BCUT2D eigenvalue weighted by Crippen LogP contribution is 2.30. The summed E-state index contributed by atoms with van der Waals surface area (Å²) in [5.41, 5.74) is 11.1. The molecule has 0 aliphatic carbocycles. The molecule has 0 unspecified atom stereocenters. The molecule has 5 nitrogen and oxygen atoms in total. The van der Waals surface area contributed by atoms with E-state index in [0.717, 1.165) is 0 Å². The second kappa shape index (κ2) is 2.77. The molecule has 0 aliphatic heterocycles. The van der Waals surface area contributed by atoms with Crippen molar-refractivity contribution in [2.45, 2.75) is 0 Å². The van der Waals surface area contributed by atoms with Crippen molar-refractivity contribution in [1.29, 1.82) is 0 Å². The van der Waals surface area contributed by atoms with Crippen molar-refractivity contribution in [3.05, 3.63) is 28.9 Å². The molecule has 0 fully saturated rings. The Bertz CT molecular complexity index is 356. The van der Waals surface area contributed by atoms with Crippen LogP contribution < -0.4 is 11.5 Å². The van der Waals surface area contributed by atoms with Crippen molar-refractivity contribution in [3.8, 4) is 0 Å². The van der Waals surface area contributed by atoms with Crippen molar-refractivity contribution >= 4 is 23.0 Å². The van der Waals surface area contributed by atoms with Crippen LogP contribution in [0.1, 0.15) is 0 Å². The maximum atomic E-state index is 6.70. The number of hydrogen-bond acceptors (Lipinski definition) is 3. The summed E-state index contributed by atoms with van der Waals surface area (Å²) in [7, 11) is 0. The van der Waals surface area contributed by atoms with E-state index in [4.69, 9.17) is 24.6 Å². The lowest BCUT2D eigenvalue weighted by molar-refractivity contribution is 1.37. The van der Waals surface area contributed by atoms with Crippen molar-refractivity contribution < 1.29 is 0 Å². The van der Waals surface area contributed by atoms with Gasteiger partial charge in [-0.15, -0.1) is 4.98 Å². The lowest BCUT2D eigenvalue weighted by Crippen LogP contribution is -1.96. The van der Waals surface area contributed by atoms with Crippen LogP contribution in [0.4, 0.5) is 23.0 Å². The maximum absolute atomic E-state index is 6.70. The highest BCUT2D eigenvalue weighted by atomic mass is 15.0. The molecule has 0 aliphatic rings. The lowest BCUT2D eigenvalue weighted by atomic mass is 10.3. The average molecular weight is 159 g/mol. The summed E-state index contributed by atoms with van der Waals surface area (Å²) in [6.07, 6.45) is 0. The first-order valence-corrected chi connectivity index (χ1v) is 3.00.